The van der Waals surface area contributed by atoms with Crippen molar-refractivity contribution >= 4 is 87.9 Å². The molecule has 34 heteroatoms. The summed E-state index contributed by atoms with van der Waals surface area (Å²) < 4.78 is 47.6. The van der Waals surface area contributed by atoms with Gasteiger partial charge in [-0.15, -0.1) is 13.2 Å². The van der Waals surface area contributed by atoms with Crippen LogP contribution < -0.4 is 46.9 Å². The fourth-order valence-corrected chi connectivity index (χ4v) is 7.79. The van der Waals surface area contributed by atoms with Crippen LogP contribution >= 0.6 is 0 Å². The standard InChI is InChI=1S/C47H63F3N10O21/c1-25(2)42(46(79)55-30(19-37(67)68)44(77)52-26-3-4-27-31(17-26)80-41(75)20-32(27)81-47(48,49)50)56-43(76)28(5-6-35(63)64)54-45(78)29(18-36(65)66)53-33(61)7-8-51-34(62)21-57-9-11-58(22-38(69)70)13-15-60(24-40(73)74)16-14-59(12-10-57)23-39(71)72/h3-4,17,20,25,28-30,42H,5-16,18-19,21-24H2,1-2H3,(H,51,62)(H,52,77)(H,53,61)(H,54,78)(H,55,79)(H,56,76)(H,63,64)(H,65,66)(H,67,68)(H,69,70)(H,71,72)(H,73,74)/p-3/t28-,29-,30-,42-/m0/s1. The average molecular weight is 1160 g/mol. The second kappa shape index (κ2) is 31.9. The van der Waals surface area contributed by atoms with Gasteiger partial charge in [0.25, 0.3) is 0 Å². The molecule has 1 fully saturated rings. The van der Waals surface area contributed by atoms with Crippen molar-refractivity contribution in [2.24, 2.45) is 15.9 Å². The van der Waals surface area contributed by atoms with E-state index in [0.29, 0.717) is 6.07 Å². The molecule has 1 aliphatic heterocycles. The highest BCUT2D eigenvalue weighted by Gasteiger charge is 2.35. The Kier molecular flexibility index (Phi) is 26.3. The summed E-state index contributed by atoms with van der Waals surface area (Å²) in [5, 5.41) is 93.4. The number of anilines is 1. The Balaban J connectivity index is 1.77. The number of carbonyl (C=O) groups excluding carboxylic acids is 5. The van der Waals surface area contributed by atoms with E-state index in [1.54, 1.807) is 4.90 Å². The fraction of sp³-hybridized carbons (Fsp3) is 0.553. The molecule has 0 unspecified atom stereocenters. The van der Waals surface area contributed by atoms with Gasteiger partial charge in [0.1, 0.15) is 35.5 Å². The third-order valence-electron chi connectivity index (χ3n) is 11.7. The summed E-state index contributed by atoms with van der Waals surface area (Å²) in [6, 6.07) is -4.33. The number of ether oxygens (including phenoxy) is 1. The lowest BCUT2D eigenvalue weighted by Gasteiger charge is -2.33. The molecule has 81 heavy (non-hydrogen) atoms. The van der Waals surface area contributed by atoms with Gasteiger partial charge in [-0.2, -0.15) is 0 Å². The summed E-state index contributed by atoms with van der Waals surface area (Å²) in [5.74, 6) is -17.5. The Labute approximate surface area is 457 Å². The average Bonchev–Trinajstić information content (AvgIpc) is 3.36. The van der Waals surface area contributed by atoms with Gasteiger partial charge < -0.3 is 81.1 Å². The molecule has 1 saturated heterocycles. The molecule has 9 N–H and O–H groups in total. The van der Waals surface area contributed by atoms with Gasteiger partial charge in [0.2, 0.25) is 23.6 Å². The molecule has 2 heterocycles. The number of carboxylic acids is 6. The molecule has 1 aromatic carbocycles. The van der Waals surface area contributed by atoms with E-state index >= 15 is 0 Å². The monoisotopic (exact) mass is 1160 g/mol. The van der Waals surface area contributed by atoms with Crippen molar-refractivity contribution in [2.75, 3.05) is 90.4 Å². The number of fused-ring (bicyclic) bond motifs is 1. The number of carboxylic acid groups (broad SMARTS) is 6. The number of aliphatic imine (C=N–C) groups is 2. The Morgan fingerprint density at radius 1 is 0.642 bits per heavy atom. The first kappa shape index (κ1) is 66.8. The van der Waals surface area contributed by atoms with Crippen molar-refractivity contribution in [1.29, 1.82) is 0 Å². The molecule has 0 aliphatic carbocycles. The van der Waals surface area contributed by atoms with Gasteiger partial charge >= 0.3 is 41.8 Å². The first-order valence-electron chi connectivity index (χ1n) is 24.6. The molecule has 4 amide bonds. The Morgan fingerprint density at radius 2 is 1.15 bits per heavy atom. The zero-order chi connectivity index (χ0) is 60.7. The fourth-order valence-electron chi connectivity index (χ4n) is 7.79. The summed E-state index contributed by atoms with van der Waals surface area (Å²) in [6.07, 6.45) is -9.84. The van der Waals surface area contributed by atoms with Crippen molar-refractivity contribution in [3.63, 3.8) is 0 Å². The molecule has 2 aromatic rings. The summed E-state index contributed by atoms with van der Waals surface area (Å²) in [5.41, 5.74) is -2.05. The predicted octanol–water partition coefficient (Wildman–Crippen LogP) is -5.03. The van der Waals surface area contributed by atoms with E-state index in [1.165, 1.54) is 28.5 Å². The topological polar surface area (TPSA) is 466 Å². The largest absolute Gasteiger partial charge is 0.862 e. The summed E-state index contributed by atoms with van der Waals surface area (Å²) in [6.45, 7) is 1.29. The molecule has 448 valence electrons. The molecule has 0 spiro atoms. The van der Waals surface area contributed by atoms with Crippen LogP contribution in [-0.4, -0.2) is 232 Å². The highest BCUT2D eigenvalue weighted by molar-refractivity contribution is 6.02. The lowest BCUT2D eigenvalue weighted by Crippen LogP contribution is -2.58. The molecule has 1 aliphatic rings. The summed E-state index contributed by atoms with van der Waals surface area (Å²) >= 11 is 0. The maximum Gasteiger partial charge on any atom is 0.573 e. The molecular weight excluding hydrogens is 1100 g/mol. The van der Waals surface area contributed by atoms with Gasteiger partial charge in [-0.05, 0) is 49.1 Å². The number of benzene rings is 1. The molecule has 4 atom stereocenters. The highest BCUT2D eigenvalue weighted by Crippen LogP contribution is 2.31. The number of carbonyl (C=O) groups is 10. The third-order valence-corrected chi connectivity index (χ3v) is 11.7. The number of halogens is 3. The molecule has 1 aromatic heterocycles. The number of nitrogens with zero attached hydrogens (tertiary/aromatic N) is 6. The third kappa shape index (κ3) is 25.4. The molecule has 0 bridgehead atoms. The highest BCUT2D eigenvalue weighted by atomic mass is 19.4. The van der Waals surface area contributed by atoms with Crippen LogP contribution in [0.3, 0.4) is 0 Å². The zero-order valence-corrected chi connectivity index (χ0v) is 43.5. The van der Waals surface area contributed by atoms with Crippen LogP contribution in [0.25, 0.3) is 11.0 Å². The maximum absolute atomic E-state index is 13.7. The zero-order valence-electron chi connectivity index (χ0n) is 43.5. The lowest BCUT2D eigenvalue weighted by atomic mass is 10.0. The van der Waals surface area contributed by atoms with E-state index in [2.05, 4.69) is 36.0 Å². The van der Waals surface area contributed by atoms with E-state index in [0.717, 1.165) is 18.2 Å². The van der Waals surface area contributed by atoms with Crippen molar-refractivity contribution in [1.82, 2.24) is 35.6 Å². The van der Waals surface area contributed by atoms with Gasteiger partial charge in [0.15, 0.2) is 0 Å². The van der Waals surface area contributed by atoms with Crippen molar-refractivity contribution in [2.45, 2.75) is 76.5 Å². The van der Waals surface area contributed by atoms with Crippen LogP contribution in [0.5, 0.6) is 5.75 Å². The Morgan fingerprint density at radius 3 is 1.62 bits per heavy atom. The number of hydrogen-bond donors (Lipinski definition) is 9. The van der Waals surface area contributed by atoms with Gasteiger partial charge in [-0.25, -0.2) is 4.79 Å². The Bertz CT molecular complexity index is 2690. The molecule has 0 radical (unpaired) electrons. The van der Waals surface area contributed by atoms with Gasteiger partial charge in [-0.3, -0.25) is 67.7 Å². The smallest absolute Gasteiger partial charge is 0.573 e. The predicted molar refractivity (Wildman–Crippen MR) is 264 cm³/mol. The van der Waals surface area contributed by atoms with E-state index in [-0.39, 0.29) is 70.0 Å². The minimum atomic E-state index is -5.21. The first-order chi connectivity index (χ1) is 37.9. The minimum absolute atomic E-state index is 0.0639. The number of aliphatic carboxylic acids is 6. The van der Waals surface area contributed by atoms with Gasteiger partial charge in [0.05, 0.1) is 43.9 Å². The van der Waals surface area contributed by atoms with E-state index in [4.69, 9.17) is 4.42 Å². The van der Waals surface area contributed by atoms with Crippen molar-refractivity contribution < 1.29 is 111 Å². The van der Waals surface area contributed by atoms with Crippen LogP contribution in [0.2, 0.25) is 0 Å². The summed E-state index contributed by atoms with van der Waals surface area (Å²) in [4.78, 5) is 150. The first-order valence-corrected chi connectivity index (χ1v) is 24.6. The normalized spacial score (nSPS) is 16.4. The van der Waals surface area contributed by atoms with Crippen LogP contribution in [0.15, 0.2) is 43.5 Å². The SMILES string of the molecule is CC(C)[C@H](NC(=O)[C@H](CCC(=O)[O-])NC(=O)[C@H](CC(=O)O)N=C([O-])CCN=C([O-])CN1CCN(CC(=O)O)CCN(CC(=O)O)CCN(CC(=O)O)CC1)C(=O)N[C@@H](CC(=O)O)C(=O)Nc1ccc2c(OC(F)(F)F)cc(=O)oc2c1. The van der Waals surface area contributed by atoms with Crippen LogP contribution in [0, 0.1) is 5.92 Å². The molecule has 0 saturated carbocycles. The van der Waals surface area contributed by atoms with Gasteiger partial charge in [0, 0.05) is 83.2 Å². The quantitative estimate of drug-likeness (QED) is 0.0209. The second-order valence-electron chi connectivity index (χ2n) is 18.5. The number of rotatable bonds is 29. The molecular formula is C47H60F3N10O21-3. The molecule has 3 rings (SSSR count). The number of nitrogens with one attached hydrogen (secondary N) is 4. The van der Waals surface area contributed by atoms with E-state index in [1.807, 2.05) is 0 Å². The van der Waals surface area contributed by atoms with E-state index in [9.17, 15) is 107 Å². The summed E-state index contributed by atoms with van der Waals surface area (Å²) in [7, 11) is 0. The second-order valence-corrected chi connectivity index (χ2v) is 18.5. The lowest BCUT2D eigenvalue weighted by molar-refractivity contribution is -0.306. The molecule has 31 nitrogen and oxygen atoms in total. The van der Waals surface area contributed by atoms with Crippen molar-refractivity contribution in [3.05, 3.63) is 34.7 Å². The number of hydrogen-bond acceptors (Lipinski definition) is 22. The maximum atomic E-state index is 13.7. The number of alkyl halides is 3. The number of amides is 4. The van der Waals surface area contributed by atoms with Crippen LogP contribution in [0.4, 0.5) is 18.9 Å². The van der Waals surface area contributed by atoms with Crippen molar-refractivity contribution in [3.8, 4) is 5.75 Å². The van der Waals surface area contributed by atoms with Crippen LogP contribution in [0.1, 0.15) is 46.0 Å². The van der Waals surface area contributed by atoms with Gasteiger partial charge in [-0.1, -0.05) is 13.8 Å². The van der Waals surface area contributed by atoms with E-state index < -0.39 is 183 Å². The van der Waals surface area contributed by atoms with Crippen LogP contribution in [-0.2, 0) is 47.9 Å². The Hall–Kier alpha value is -8.50. The minimum Gasteiger partial charge on any atom is -0.862 e.